The van der Waals surface area contributed by atoms with E-state index in [1.54, 1.807) is 0 Å². The van der Waals surface area contributed by atoms with Crippen LogP contribution in [0, 0.1) is 0 Å². The average molecular weight is 526 g/mol. The number of nitrogens with zero attached hydrogens (tertiary/aromatic N) is 1. The van der Waals surface area contributed by atoms with Crippen molar-refractivity contribution in [3.8, 4) is 0 Å². The molecule has 0 spiro atoms. The summed E-state index contributed by atoms with van der Waals surface area (Å²) in [4.78, 5) is 2.31. The van der Waals surface area contributed by atoms with Gasteiger partial charge >= 0.3 is 0 Å². The summed E-state index contributed by atoms with van der Waals surface area (Å²) >= 11 is 0. The fourth-order valence-electron chi connectivity index (χ4n) is 6.35. The average Bonchev–Trinajstić information content (AvgIpc) is 3.60. The number of fused-ring (bicyclic) bond motifs is 8. The van der Waals surface area contributed by atoms with Gasteiger partial charge in [0.15, 0.2) is 11.2 Å². The molecule has 3 heteroatoms. The largest absolute Gasteiger partial charge is 0.454 e. The van der Waals surface area contributed by atoms with Crippen molar-refractivity contribution >= 4 is 82.5 Å². The summed E-state index contributed by atoms with van der Waals surface area (Å²) in [7, 11) is 0. The molecule has 192 valence electrons. The number of rotatable bonds is 3. The maximum Gasteiger partial charge on any atom is 0.159 e. The molecule has 0 saturated heterocycles. The van der Waals surface area contributed by atoms with Crippen LogP contribution in [0.5, 0.6) is 0 Å². The second-order valence-electron chi connectivity index (χ2n) is 10.5. The molecule has 0 amide bonds. The quantitative estimate of drug-likeness (QED) is 0.215. The van der Waals surface area contributed by atoms with E-state index in [4.69, 9.17) is 8.83 Å². The predicted octanol–water partition coefficient (Wildman–Crippen LogP) is 11.3. The highest BCUT2D eigenvalue weighted by Crippen LogP contribution is 2.47. The Hall–Kier alpha value is -5.54. The number of hydrogen-bond donors (Lipinski definition) is 0. The molecule has 9 aromatic rings. The highest BCUT2D eigenvalue weighted by molar-refractivity contribution is 6.16. The number of benzene rings is 7. The van der Waals surface area contributed by atoms with Gasteiger partial charge in [0, 0.05) is 26.9 Å². The molecule has 0 aliphatic carbocycles. The zero-order valence-corrected chi connectivity index (χ0v) is 22.0. The Morgan fingerprint density at radius 2 is 0.805 bits per heavy atom. The number of para-hydroxylation sites is 4. The van der Waals surface area contributed by atoms with E-state index in [1.807, 2.05) is 24.3 Å². The monoisotopic (exact) mass is 525 g/mol. The molecule has 0 unspecified atom stereocenters. The van der Waals surface area contributed by atoms with Crippen LogP contribution < -0.4 is 4.90 Å². The fourth-order valence-corrected chi connectivity index (χ4v) is 6.35. The van der Waals surface area contributed by atoms with E-state index in [-0.39, 0.29) is 0 Å². The van der Waals surface area contributed by atoms with Gasteiger partial charge < -0.3 is 13.7 Å². The predicted molar refractivity (Wildman–Crippen MR) is 171 cm³/mol. The molecule has 0 radical (unpaired) electrons. The van der Waals surface area contributed by atoms with Crippen LogP contribution in [0.4, 0.5) is 17.1 Å². The normalized spacial score (nSPS) is 11.9. The minimum Gasteiger partial charge on any atom is -0.454 e. The summed E-state index contributed by atoms with van der Waals surface area (Å²) in [6.45, 7) is 0. The van der Waals surface area contributed by atoms with Gasteiger partial charge in [0.05, 0.1) is 17.1 Å². The molecule has 0 bridgehead atoms. The first-order valence-electron chi connectivity index (χ1n) is 13.9. The van der Waals surface area contributed by atoms with Crippen molar-refractivity contribution in [3.05, 3.63) is 140 Å². The van der Waals surface area contributed by atoms with Crippen molar-refractivity contribution in [2.45, 2.75) is 0 Å². The van der Waals surface area contributed by atoms with Crippen LogP contribution in [0.2, 0.25) is 0 Å². The van der Waals surface area contributed by atoms with E-state index in [9.17, 15) is 0 Å². The smallest absolute Gasteiger partial charge is 0.159 e. The Morgan fingerprint density at radius 3 is 1.44 bits per heavy atom. The van der Waals surface area contributed by atoms with Gasteiger partial charge in [-0.05, 0) is 58.6 Å². The van der Waals surface area contributed by atoms with Gasteiger partial charge in [0.25, 0.3) is 0 Å². The number of anilines is 3. The molecule has 41 heavy (non-hydrogen) atoms. The minimum absolute atomic E-state index is 0.847. The first-order chi connectivity index (χ1) is 20.3. The lowest BCUT2D eigenvalue weighted by Crippen LogP contribution is -2.11. The summed E-state index contributed by atoms with van der Waals surface area (Å²) in [5, 5.41) is 9.16. The molecule has 0 saturated carbocycles. The highest BCUT2D eigenvalue weighted by atomic mass is 16.3. The summed E-state index contributed by atoms with van der Waals surface area (Å²) in [6.07, 6.45) is 0. The Bertz CT molecular complexity index is 2330. The first kappa shape index (κ1) is 22.3. The molecular formula is C38H23NO2. The molecule has 0 aliphatic heterocycles. The standard InChI is InChI=1S/C38H23NO2/c1-2-11-25-23-31-26(22-24(25)10-1)12-7-17-32(31)39(33-18-8-15-29-27-13-3-5-20-35(27)40-37(29)33)34-19-9-16-30-28-14-4-6-21-36(28)41-38(30)34/h1-23H. The Labute approximate surface area is 235 Å². The van der Waals surface area contributed by atoms with E-state index in [0.717, 1.165) is 66.3 Å². The van der Waals surface area contributed by atoms with Crippen molar-refractivity contribution in [2.75, 3.05) is 4.90 Å². The van der Waals surface area contributed by atoms with E-state index in [0.29, 0.717) is 0 Å². The van der Waals surface area contributed by atoms with Crippen LogP contribution in [0.15, 0.2) is 148 Å². The molecule has 0 N–H and O–H groups in total. The molecule has 0 aliphatic rings. The van der Waals surface area contributed by atoms with Crippen molar-refractivity contribution < 1.29 is 8.83 Å². The molecular weight excluding hydrogens is 502 g/mol. The highest BCUT2D eigenvalue weighted by Gasteiger charge is 2.24. The molecule has 0 atom stereocenters. The van der Waals surface area contributed by atoms with Gasteiger partial charge in [-0.25, -0.2) is 0 Å². The van der Waals surface area contributed by atoms with Crippen LogP contribution in [-0.2, 0) is 0 Å². The zero-order chi connectivity index (χ0) is 26.9. The van der Waals surface area contributed by atoms with Gasteiger partial charge in [-0.15, -0.1) is 0 Å². The van der Waals surface area contributed by atoms with Gasteiger partial charge in [-0.2, -0.15) is 0 Å². The molecule has 3 nitrogen and oxygen atoms in total. The van der Waals surface area contributed by atoms with Crippen LogP contribution in [0.1, 0.15) is 0 Å². The van der Waals surface area contributed by atoms with Crippen LogP contribution in [0.25, 0.3) is 65.4 Å². The molecule has 7 aromatic carbocycles. The third-order valence-corrected chi connectivity index (χ3v) is 8.21. The number of hydrogen-bond acceptors (Lipinski definition) is 3. The van der Waals surface area contributed by atoms with Crippen molar-refractivity contribution in [1.82, 2.24) is 0 Å². The van der Waals surface area contributed by atoms with E-state index >= 15 is 0 Å². The van der Waals surface area contributed by atoms with Gasteiger partial charge in [0.1, 0.15) is 11.2 Å². The lowest BCUT2D eigenvalue weighted by atomic mass is 10.0. The second-order valence-corrected chi connectivity index (χ2v) is 10.5. The van der Waals surface area contributed by atoms with E-state index in [1.165, 1.54) is 16.2 Å². The maximum atomic E-state index is 6.59. The maximum absolute atomic E-state index is 6.59. The zero-order valence-electron chi connectivity index (χ0n) is 22.0. The summed E-state index contributed by atoms with van der Waals surface area (Å²) in [6, 6.07) is 48.9. The van der Waals surface area contributed by atoms with Crippen molar-refractivity contribution in [3.63, 3.8) is 0 Å². The topological polar surface area (TPSA) is 29.5 Å². The summed E-state index contributed by atoms with van der Waals surface area (Å²) in [5.74, 6) is 0. The molecule has 0 fully saturated rings. The van der Waals surface area contributed by atoms with Crippen LogP contribution in [-0.4, -0.2) is 0 Å². The van der Waals surface area contributed by atoms with Crippen LogP contribution >= 0.6 is 0 Å². The molecule has 2 heterocycles. The molecule has 9 rings (SSSR count). The van der Waals surface area contributed by atoms with E-state index < -0.39 is 0 Å². The summed E-state index contributed by atoms with van der Waals surface area (Å²) < 4.78 is 13.2. The van der Waals surface area contributed by atoms with E-state index in [2.05, 4.69) is 120 Å². The Kier molecular flexibility index (Phi) is 4.61. The van der Waals surface area contributed by atoms with Crippen LogP contribution in [0.3, 0.4) is 0 Å². The van der Waals surface area contributed by atoms with Crippen molar-refractivity contribution in [1.29, 1.82) is 0 Å². The molecule has 2 aromatic heterocycles. The van der Waals surface area contributed by atoms with Gasteiger partial charge in [-0.3, -0.25) is 0 Å². The second kappa shape index (κ2) is 8.48. The third kappa shape index (κ3) is 3.26. The Balaban J connectivity index is 1.43. The van der Waals surface area contributed by atoms with Gasteiger partial charge in [-0.1, -0.05) is 97.1 Å². The lowest BCUT2D eigenvalue weighted by Gasteiger charge is -2.27. The lowest BCUT2D eigenvalue weighted by molar-refractivity contribution is 0.666. The SMILES string of the molecule is c1ccc2cc3c(N(c4cccc5c4oc4ccccc45)c4cccc5c4oc4ccccc45)cccc3cc2c1. The summed E-state index contributed by atoms with van der Waals surface area (Å²) in [5.41, 5.74) is 6.44. The minimum atomic E-state index is 0.847. The Morgan fingerprint density at radius 1 is 0.341 bits per heavy atom. The fraction of sp³-hybridized carbons (Fsp3) is 0. The van der Waals surface area contributed by atoms with Crippen molar-refractivity contribution in [2.24, 2.45) is 0 Å². The third-order valence-electron chi connectivity index (χ3n) is 8.21. The first-order valence-corrected chi connectivity index (χ1v) is 13.9. The van der Waals surface area contributed by atoms with Gasteiger partial charge in [0.2, 0.25) is 0 Å². The number of furan rings is 2.